The smallest absolute Gasteiger partial charge is 0.368 e. The van der Waals surface area contributed by atoms with Gasteiger partial charge in [-0.3, -0.25) is 4.90 Å². The van der Waals surface area contributed by atoms with Crippen LogP contribution in [0.3, 0.4) is 0 Å². The number of hydrogen-bond acceptors (Lipinski definition) is 6. The maximum Gasteiger partial charge on any atom is 0.393 e. The Balaban J connectivity index is 1.72. The number of nitrogens with one attached hydrogen (secondary N) is 1. The van der Waals surface area contributed by atoms with E-state index in [2.05, 4.69) is 20.3 Å². The van der Waals surface area contributed by atoms with Crippen LogP contribution >= 0.6 is 0 Å². The zero-order valence-electron chi connectivity index (χ0n) is 14.4. The van der Waals surface area contributed by atoms with Crippen LogP contribution in [0.25, 0.3) is 0 Å². The molecule has 2 heterocycles. The average Bonchev–Trinajstić information content (AvgIpc) is 2.56. The number of benzene rings is 1. The normalized spacial score (nSPS) is 18.7. The second-order valence-corrected chi connectivity index (χ2v) is 6.49. The Labute approximate surface area is 149 Å². The third-order valence-electron chi connectivity index (χ3n) is 4.42. The van der Waals surface area contributed by atoms with Gasteiger partial charge in [0.1, 0.15) is 5.82 Å². The highest BCUT2D eigenvalue weighted by Gasteiger charge is 2.41. The molecule has 0 spiro atoms. The molecule has 0 saturated carbocycles. The van der Waals surface area contributed by atoms with E-state index in [1.54, 1.807) is 4.90 Å². The summed E-state index contributed by atoms with van der Waals surface area (Å²) >= 11 is 0. The SMILES string of the molecule is Cc1ccccc1Nc1nc(N)nc(CN2CCC[C@H](C(F)(F)F)C2)n1. The van der Waals surface area contributed by atoms with Crippen LogP contribution in [0, 0.1) is 12.8 Å². The number of aryl methyl sites for hydroxylation is 1. The van der Waals surface area contributed by atoms with Crippen LogP contribution in [0.15, 0.2) is 24.3 Å². The summed E-state index contributed by atoms with van der Waals surface area (Å²) in [6, 6.07) is 7.62. The monoisotopic (exact) mass is 366 g/mol. The van der Waals surface area contributed by atoms with Crippen molar-refractivity contribution < 1.29 is 13.2 Å². The lowest BCUT2D eigenvalue weighted by Crippen LogP contribution is -2.41. The third-order valence-corrected chi connectivity index (χ3v) is 4.42. The first-order valence-electron chi connectivity index (χ1n) is 8.43. The molecule has 0 bridgehead atoms. The van der Waals surface area contributed by atoms with Crippen LogP contribution in [0.4, 0.5) is 30.8 Å². The number of aromatic nitrogens is 3. The highest BCUT2D eigenvalue weighted by molar-refractivity contribution is 5.58. The van der Waals surface area contributed by atoms with Crippen LogP contribution in [0.1, 0.15) is 24.2 Å². The molecule has 3 rings (SSSR count). The number of halogens is 3. The van der Waals surface area contributed by atoms with Crippen molar-refractivity contribution in [1.82, 2.24) is 19.9 Å². The van der Waals surface area contributed by atoms with Crippen molar-refractivity contribution >= 4 is 17.6 Å². The minimum Gasteiger partial charge on any atom is -0.368 e. The summed E-state index contributed by atoms with van der Waals surface area (Å²) in [6.07, 6.45) is -3.51. The van der Waals surface area contributed by atoms with E-state index in [9.17, 15) is 13.2 Å². The lowest BCUT2D eigenvalue weighted by atomic mass is 9.97. The largest absolute Gasteiger partial charge is 0.393 e. The number of likely N-dealkylation sites (tertiary alicyclic amines) is 1. The topological polar surface area (TPSA) is 80.0 Å². The number of hydrogen-bond donors (Lipinski definition) is 2. The van der Waals surface area contributed by atoms with Gasteiger partial charge in [0.25, 0.3) is 0 Å². The number of nitrogens with zero attached hydrogens (tertiary/aromatic N) is 4. The second-order valence-electron chi connectivity index (χ2n) is 6.49. The minimum atomic E-state index is -4.17. The molecule has 1 aliphatic heterocycles. The molecule has 1 aliphatic rings. The number of rotatable bonds is 4. The van der Waals surface area contributed by atoms with Crippen molar-refractivity contribution in [2.75, 3.05) is 24.1 Å². The quantitative estimate of drug-likeness (QED) is 0.864. The van der Waals surface area contributed by atoms with E-state index in [1.165, 1.54) is 0 Å². The molecule has 1 saturated heterocycles. The lowest BCUT2D eigenvalue weighted by Gasteiger charge is -2.33. The van der Waals surface area contributed by atoms with Gasteiger partial charge in [0.2, 0.25) is 11.9 Å². The zero-order chi connectivity index (χ0) is 18.7. The molecule has 1 aromatic heterocycles. The van der Waals surface area contributed by atoms with Crippen LogP contribution in [0.5, 0.6) is 0 Å². The van der Waals surface area contributed by atoms with Gasteiger partial charge in [-0.2, -0.15) is 28.1 Å². The molecular formula is C17H21F3N6. The Morgan fingerprint density at radius 1 is 1.23 bits per heavy atom. The van der Waals surface area contributed by atoms with Crippen molar-refractivity contribution in [2.45, 2.75) is 32.5 Å². The summed E-state index contributed by atoms with van der Waals surface area (Å²) in [6.45, 7) is 2.69. The molecule has 26 heavy (non-hydrogen) atoms. The highest BCUT2D eigenvalue weighted by Crippen LogP contribution is 2.33. The van der Waals surface area contributed by atoms with Gasteiger partial charge in [0.15, 0.2) is 0 Å². The summed E-state index contributed by atoms with van der Waals surface area (Å²) in [5, 5.41) is 3.08. The predicted octanol–water partition coefficient (Wildman–Crippen LogP) is 3.28. The van der Waals surface area contributed by atoms with E-state index in [0.717, 1.165) is 11.3 Å². The van der Waals surface area contributed by atoms with Crippen molar-refractivity contribution in [3.8, 4) is 0 Å². The third kappa shape index (κ3) is 4.60. The fourth-order valence-corrected chi connectivity index (χ4v) is 3.06. The van der Waals surface area contributed by atoms with Gasteiger partial charge < -0.3 is 11.1 Å². The Bertz CT molecular complexity index is 764. The molecule has 0 radical (unpaired) electrons. The molecule has 0 unspecified atom stereocenters. The number of para-hydroxylation sites is 1. The Hall–Kier alpha value is -2.42. The van der Waals surface area contributed by atoms with Crippen molar-refractivity contribution in [3.05, 3.63) is 35.7 Å². The molecule has 6 nitrogen and oxygen atoms in total. The minimum absolute atomic E-state index is 0.0375. The number of nitrogen functional groups attached to an aromatic ring is 1. The predicted molar refractivity (Wildman–Crippen MR) is 92.8 cm³/mol. The van der Waals surface area contributed by atoms with Crippen LogP contribution < -0.4 is 11.1 Å². The first kappa shape index (κ1) is 18.4. The summed E-state index contributed by atoms with van der Waals surface area (Å²) in [5.41, 5.74) is 7.60. The van der Waals surface area contributed by atoms with Gasteiger partial charge in [-0.05, 0) is 37.9 Å². The molecule has 1 aromatic carbocycles. The molecule has 1 atom stereocenters. The number of piperidine rings is 1. The van der Waals surface area contributed by atoms with E-state index < -0.39 is 12.1 Å². The zero-order valence-corrected chi connectivity index (χ0v) is 14.4. The maximum absolute atomic E-state index is 13.0. The molecule has 1 fully saturated rings. The first-order chi connectivity index (χ1) is 12.3. The van der Waals surface area contributed by atoms with E-state index >= 15 is 0 Å². The van der Waals surface area contributed by atoms with Gasteiger partial charge in [-0.25, -0.2) is 0 Å². The van der Waals surface area contributed by atoms with E-state index in [0.29, 0.717) is 18.8 Å². The summed E-state index contributed by atoms with van der Waals surface area (Å²) in [4.78, 5) is 14.2. The van der Waals surface area contributed by atoms with Gasteiger partial charge in [-0.1, -0.05) is 18.2 Å². The Morgan fingerprint density at radius 3 is 2.73 bits per heavy atom. The molecular weight excluding hydrogens is 345 g/mol. The number of alkyl halides is 3. The van der Waals surface area contributed by atoms with Crippen molar-refractivity contribution in [3.63, 3.8) is 0 Å². The van der Waals surface area contributed by atoms with Crippen molar-refractivity contribution in [2.24, 2.45) is 5.92 Å². The maximum atomic E-state index is 13.0. The summed E-state index contributed by atoms with van der Waals surface area (Å²) in [7, 11) is 0. The van der Waals surface area contributed by atoms with Crippen LogP contribution in [-0.2, 0) is 6.54 Å². The molecule has 0 amide bonds. The first-order valence-corrected chi connectivity index (χ1v) is 8.43. The number of nitrogens with two attached hydrogens (primary N) is 1. The fourth-order valence-electron chi connectivity index (χ4n) is 3.06. The Kier molecular flexibility index (Phi) is 5.26. The van der Waals surface area contributed by atoms with E-state index in [-0.39, 0.29) is 31.4 Å². The fraction of sp³-hybridized carbons (Fsp3) is 0.471. The van der Waals surface area contributed by atoms with Gasteiger partial charge >= 0.3 is 6.18 Å². The van der Waals surface area contributed by atoms with Gasteiger partial charge in [-0.15, -0.1) is 0 Å². The average molecular weight is 366 g/mol. The molecule has 0 aliphatic carbocycles. The Morgan fingerprint density at radius 2 is 2.00 bits per heavy atom. The highest BCUT2D eigenvalue weighted by atomic mass is 19.4. The lowest BCUT2D eigenvalue weighted by molar-refractivity contribution is -0.187. The van der Waals surface area contributed by atoms with Gasteiger partial charge in [0, 0.05) is 12.2 Å². The molecule has 140 valence electrons. The molecule has 9 heteroatoms. The second kappa shape index (κ2) is 7.45. The van der Waals surface area contributed by atoms with E-state index in [1.807, 2.05) is 31.2 Å². The van der Waals surface area contributed by atoms with E-state index in [4.69, 9.17) is 5.73 Å². The standard InChI is InChI=1S/C17H21F3N6/c1-11-5-2-3-7-13(11)22-16-24-14(23-15(21)25-16)10-26-8-4-6-12(9-26)17(18,19)20/h2-3,5,7,12H,4,6,8-10H2,1H3,(H3,21,22,23,24,25)/t12-/m0/s1. The van der Waals surface area contributed by atoms with Crippen LogP contribution in [-0.4, -0.2) is 39.1 Å². The molecule has 3 N–H and O–H groups in total. The van der Waals surface area contributed by atoms with Crippen LogP contribution in [0.2, 0.25) is 0 Å². The summed E-state index contributed by atoms with van der Waals surface area (Å²) in [5.74, 6) is -0.627. The molecule has 2 aromatic rings. The van der Waals surface area contributed by atoms with Gasteiger partial charge in [0.05, 0.1) is 12.5 Å². The van der Waals surface area contributed by atoms with Crippen molar-refractivity contribution in [1.29, 1.82) is 0 Å². The summed E-state index contributed by atoms with van der Waals surface area (Å²) < 4.78 is 38.9. The number of anilines is 3.